The first-order chi connectivity index (χ1) is 3.70. The first kappa shape index (κ1) is 6.35. The summed E-state index contributed by atoms with van der Waals surface area (Å²) in [6.45, 7) is 4.14. The van der Waals surface area contributed by atoms with Crippen molar-refractivity contribution in [3.05, 3.63) is 10.6 Å². The van der Waals surface area contributed by atoms with Gasteiger partial charge in [0.05, 0.1) is 0 Å². The third-order valence-corrected chi connectivity index (χ3v) is 2.12. The van der Waals surface area contributed by atoms with E-state index < -0.39 is 0 Å². The minimum atomic E-state index is 1.17. The van der Waals surface area contributed by atoms with Gasteiger partial charge in [-0.2, -0.15) is 0 Å². The molecule has 0 fully saturated rings. The Balaban J connectivity index is 3.14. The van der Waals surface area contributed by atoms with Crippen LogP contribution in [0.1, 0.15) is 10.6 Å². The van der Waals surface area contributed by atoms with Crippen LogP contribution in [0.4, 0.5) is 0 Å². The van der Waals surface area contributed by atoms with Crippen LogP contribution in [-0.2, 0) is 0 Å². The Morgan fingerprint density at radius 2 is 2.12 bits per heavy atom. The first-order valence-electron chi connectivity index (χ1n) is 2.61. The second-order valence-electron chi connectivity index (χ2n) is 1.87. The van der Waals surface area contributed by atoms with Gasteiger partial charge in [-0.25, -0.2) is 0 Å². The molecule has 1 nitrogen and oxygen atoms in total. The van der Waals surface area contributed by atoms with Crippen LogP contribution in [0.15, 0.2) is 0 Å². The molecule has 8 heavy (non-hydrogen) atoms. The van der Waals surface area contributed by atoms with Gasteiger partial charge in [0.2, 0.25) is 0 Å². The molecule has 0 aliphatic heterocycles. The summed E-state index contributed by atoms with van der Waals surface area (Å²) in [7, 11) is 0. The number of aromatic nitrogens is 1. The van der Waals surface area contributed by atoms with Crippen molar-refractivity contribution in [1.29, 1.82) is 0 Å². The van der Waals surface area contributed by atoms with E-state index in [1.165, 1.54) is 14.3 Å². The molecule has 0 bridgehead atoms. The zero-order valence-electron chi connectivity index (χ0n) is 5.36. The van der Waals surface area contributed by atoms with Crippen LogP contribution in [0.25, 0.3) is 0 Å². The Kier molecular flexibility index (Phi) is 1.76. The molecule has 0 N–H and O–H groups in total. The van der Waals surface area contributed by atoms with Crippen molar-refractivity contribution in [1.82, 2.24) is 4.98 Å². The molecule has 0 aliphatic carbocycles. The van der Waals surface area contributed by atoms with E-state index in [0.717, 1.165) is 0 Å². The van der Waals surface area contributed by atoms with Crippen molar-refractivity contribution >= 4 is 32.7 Å². The summed E-state index contributed by atoms with van der Waals surface area (Å²) in [6.07, 6.45) is 0. The third kappa shape index (κ3) is 1.14. The first-order valence-corrected chi connectivity index (χ1v) is 3.42. The topological polar surface area (TPSA) is 12.9 Å². The van der Waals surface area contributed by atoms with Crippen molar-refractivity contribution < 1.29 is 0 Å². The Hall–Kier alpha value is 0.227. The average molecular weight is 119 g/mol. The molecular formula is C5H6LiNS. The molecule has 0 unspecified atom stereocenters. The number of thiazole rings is 1. The zero-order valence-corrected chi connectivity index (χ0v) is 6.17. The van der Waals surface area contributed by atoms with Crippen LogP contribution in [0.3, 0.4) is 0 Å². The standard InChI is InChI=1S/C5H6NS.Li/c1-4-5(2)7-3-6-4;/h1-2H3;. The fourth-order valence-corrected chi connectivity index (χ4v) is 1.45. The third-order valence-electron chi connectivity index (χ3n) is 1.14. The van der Waals surface area contributed by atoms with Gasteiger partial charge < -0.3 is 0 Å². The van der Waals surface area contributed by atoms with Crippen molar-refractivity contribution in [3.63, 3.8) is 0 Å². The van der Waals surface area contributed by atoms with Crippen molar-refractivity contribution in [3.8, 4) is 0 Å². The van der Waals surface area contributed by atoms with E-state index in [2.05, 4.69) is 11.9 Å². The predicted molar refractivity (Wildman–Crippen MR) is 37.0 cm³/mol. The molecule has 0 aromatic carbocycles. The van der Waals surface area contributed by atoms with E-state index in [4.69, 9.17) is 0 Å². The van der Waals surface area contributed by atoms with Gasteiger partial charge in [-0.15, -0.1) is 0 Å². The molecule has 0 saturated carbocycles. The molecule has 0 atom stereocenters. The quantitative estimate of drug-likeness (QED) is 0.454. The molecule has 1 rings (SSSR count). The predicted octanol–water partition coefficient (Wildman–Crippen LogP) is 0.554. The summed E-state index contributed by atoms with van der Waals surface area (Å²) in [5.74, 6) is 0. The molecule has 3 heteroatoms. The Morgan fingerprint density at radius 1 is 1.50 bits per heavy atom. The molecule has 1 heterocycles. The molecule has 0 spiro atoms. The fourth-order valence-electron chi connectivity index (χ4n) is 0.633. The number of hydrogen-bond acceptors (Lipinski definition) is 2. The minimum absolute atomic E-state index is 1.17. The Morgan fingerprint density at radius 3 is 2.25 bits per heavy atom. The van der Waals surface area contributed by atoms with Crippen LogP contribution in [0.5, 0.6) is 0 Å². The van der Waals surface area contributed by atoms with Gasteiger partial charge in [-0.1, -0.05) is 0 Å². The molecule has 1 aromatic rings. The van der Waals surface area contributed by atoms with Gasteiger partial charge in [0.15, 0.2) is 0 Å². The molecule has 38 valence electrons. The second kappa shape index (κ2) is 2.22. The monoisotopic (exact) mass is 119 g/mol. The van der Waals surface area contributed by atoms with Gasteiger partial charge in [0.25, 0.3) is 0 Å². The van der Waals surface area contributed by atoms with Crippen LogP contribution in [-0.4, -0.2) is 22.7 Å². The SMILES string of the molecule is [Li][c]1nc(C)c(C)s1. The van der Waals surface area contributed by atoms with Gasteiger partial charge in [0.1, 0.15) is 0 Å². The van der Waals surface area contributed by atoms with Crippen LogP contribution in [0, 0.1) is 13.8 Å². The van der Waals surface area contributed by atoms with Crippen LogP contribution < -0.4 is 3.68 Å². The van der Waals surface area contributed by atoms with E-state index in [1.54, 1.807) is 11.3 Å². The fraction of sp³-hybridized carbons (Fsp3) is 0.400. The van der Waals surface area contributed by atoms with E-state index in [9.17, 15) is 0 Å². The van der Waals surface area contributed by atoms with Crippen LogP contribution >= 0.6 is 11.3 Å². The van der Waals surface area contributed by atoms with E-state index >= 15 is 0 Å². The summed E-state index contributed by atoms with van der Waals surface area (Å²) in [5.41, 5.74) is 1.17. The molecule has 1 aromatic heterocycles. The molecular weight excluding hydrogens is 113 g/mol. The van der Waals surface area contributed by atoms with E-state index in [1.807, 2.05) is 24.6 Å². The molecule has 0 amide bonds. The van der Waals surface area contributed by atoms with Crippen molar-refractivity contribution in [2.24, 2.45) is 0 Å². The number of rotatable bonds is 0. The zero-order chi connectivity index (χ0) is 6.15. The summed E-state index contributed by atoms with van der Waals surface area (Å²) in [4.78, 5) is 5.56. The molecule has 0 radical (unpaired) electrons. The number of hydrogen-bond donors (Lipinski definition) is 0. The normalized spacial score (nSPS) is 10.0. The van der Waals surface area contributed by atoms with Crippen LogP contribution in [0.2, 0.25) is 0 Å². The molecule has 0 saturated heterocycles. The summed E-state index contributed by atoms with van der Waals surface area (Å²) < 4.78 is 1.17. The van der Waals surface area contributed by atoms with Crippen molar-refractivity contribution in [2.45, 2.75) is 13.8 Å². The second-order valence-corrected chi connectivity index (χ2v) is 3.28. The van der Waals surface area contributed by atoms with Gasteiger partial charge in [0, 0.05) is 0 Å². The Labute approximate surface area is 62.3 Å². The van der Waals surface area contributed by atoms with E-state index in [0.29, 0.717) is 0 Å². The van der Waals surface area contributed by atoms with E-state index in [-0.39, 0.29) is 0 Å². The van der Waals surface area contributed by atoms with Gasteiger partial charge >= 0.3 is 62.1 Å². The maximum atomic E-state index is 4.23. The average Bonchev–Trinajstić information content (AvgIpc) is 1.85. The summed E-state index contributed by atoms with van der Waals surface area (Å²) in [6, 6.07) is 0. The number of nitrogens with zero attached hydrogens (tertiary/aromatic N) is 1. The number of aryl methyl sites for hydroxylation is 2. The maximum absolute atomic E-state index is 4.23. The summed E-state index contributed by atoms with van der Waals surface area (Å²) in [5, 5.41) is 0. The molecule has 0 aliphatic rings. The van der Waals surface area contributed by atoms with Gasteiger partial charge in [-0.3, -0.25) is 0 Å². The van der Waals surface area contributed by atoms with Crippen molar-refractivity contribution in [2.75, 3.05) is 0 Å². The summed E-state index contributed by atoms with van der Waals surface area (Å²) >= 11 is 3.79. The van der Waals surface area contributed by atoms with Gasteiger partial charge in [-0.05, 0) is 0 Å². The Bertz CT molecular complexity index is 175.